The van der Waals surface area contributed by atoms with Gasteiger partial charge in [-0.1, -0.05) is 171 Å². The fourth-order valence-corrected chi connectivity index (χ4v) is 9.71. The van der Waals surface area contributed by atoms with E-state index < -0.39 is 0 Å². The van der Waals surface area contributed by atoms with Gasteiger partial charge in [-0.15, -0.1) is 0 Å². The van der Waals surface area contributed by atoms with Crippen LogP contribution >= 0.6 is 0 Å². The molecule has 0 radical (unpaired) electrons. The fourth-order valence-electron chi connectivity index (χ4n) is 9.71. The smallest absolute Gasteiger partial charge is 0.0618 e. The van der Waals surface area contributed by atoms with Gasteiger partial charge in [0, 0.05) is 44.6 Å². The van der Waals surface area contributed by atoms with Crippen molar-refractivity contribution in [2.75, 3.05) is 9.80 Å². The molecule has 0 amide bonds. The molecule has 0 heterocycles. The Morgan fingerprint density at radius 1 is 0.350 bits per heavy atom. The van der Waals surface area contributed by atoms with Crippen LogP contribution in [-0.2, 0) is 5.41 Å². The molecule has 0 saturated heterocycles. The zero-order valence-electron chi connectivity index (χ0n) is 34.1. The van der Waals surface area contributed by atoms with Gasteiger partial charge >= 0.3 is 0 Å². The van der Waals surface area contributed by atoms with E-state index >= 15 is 0 Å². The largest absolute Gasteiger partial charge is 0.310 e. The lowest BCUT2D eigenvalue weighted by Crippen LogP contribution is -2.17. The lowest BCUT2D eigenvalue weighted by Gasteiger charge is -2.31. The Bertz CT molecular complexity index is 3180. The summed E-state index contributed by atoms with van der Waals surface area (Å²) in [5.74, 6) is 0. The molecule has 0 aliphatic heterocycles. The van der Waals surface area contributed by atoms with Gasteiger partial charge in [0.2, 0.25) is 0 Å². The number of hydrogen-bond donors (Lipinski definition) is 0. The maximum absolute atomic E-state index is 2.49. The van der Waals surface area contributed by atoms with Crippen molar-refractivity contribution in [3.05, 3.63) is 229 Å². The lowest BCUT2D eigenvalue weighted by molar-refractivity contribution is 0.660. The average Bonchev–Trinajstić information content (AvgIpc) is 3.53. The van der Waals surface area contributed by atoms with Crippen LogP contribution in [0.3, 0.4) is 0 Å². The molecule has 0 spiro atoms. The van der Waals surface area contributed by atoms with Gasteiger partial charge in [0.1, 0.15) is 0 Å². The minimum Gasteiger partial charge on any atom is -0.310 e. The summed E-state index contributed by atoms with van der Waals surface area (Å²) in [5.41, 5.74) is 15.8. The zero-order valence-corrected chi connectivity index (χ0v) is 34.1. The molecular formula is C58H44N2. The molecule has 0 atom stereocenters. The van der Waals surface area contributed by atoms with E-state index in [-0.39, 0.29) is 5.41 Å². The number of fused-ring (bicyclic) bond motifs is 6. The Morgan fingerprint density at radius 3 is 1.55 bits per heavy atom. The summed E-state index contributed by atoms with van der Waals surface area (Å²) in [7, 11) is 0. The minimum absolute atomic E-state index is 0.117. The Morgan fingerprint density at radius 2 is 0.850 bits per heavy atom. The van der Waals surface area contributed by atoms with E-state index in [4.69, 9.17) is 0 Å². The molecule has 0 saturated carbocycles. The lowest BCUT2D eigenvalue weighted by atomic mass is 9.82. The first kappa shape index (κ1) is 35.7. The van der Waals surface area contributed by atoms with Gasteiger partial charge in [0.15, 0.2) is 0 Å². The fraction of sp³-hybridized carbons (Fsp3) is 0.0690. The molecule has 0 unspecified atom stereocenters. The maximum atomic E-state index is 2.49. The first-order valence-electron chi connectivity index (χ1n) is 20.9. The average molecular weight is 769 g/mol. The van der Waals surface area contributed by atoms with Crippen LogP contribution in [0.1, 0.15) is 30.5 Å². The van der Waals surface area contributed by atoms with Gasteiger partial charge in [0.25, 0.3) is 0 Å². The number of rotatable bonds is 7. The molecule has 11 rings (SSSR count). The number of anilines is 6. The van der Waals surface area contributed by atoms with Crippen LogP contribution in [0, 0.1) is 6.92 Å². The number of nitrogens with zero attached hydrogens (tertiary/aromatic N) is 2. The first-order valence-corrected chi connectivity index (χ1v) is 20.9. The third-order valence-corrected chi connectivity index (χ3v) is 12.7. The van der Waals surface area contributed by atoms with Gasteiger partial charge in [-0.2, -0.15) is 0 Å². The summed E-state index contributed by atoms with van der Waals surface area (Å²) in [5, 5.41) is 7.32. The highest BCUT2D eigenvalue weighted by Crippen LogP contribution is 2.53. The second kappa shape index (κ2) is 14.1. The van der Waals surface area contributed by atoms with E-state index in [1.54, 1.807) is 0 Å². The zero-order chi connectivity index (χ0) is 40.4. The standard InChI is InChI=1S/C58H44N2/c1-39-25-30-44(31-26-39)59(46-34-27-40-15-7-8-16-42(40)37-46)45-32-28-41(29-33-45)56-50-20-9-11-22-52(50)57(53-23-12-10-21-51(53)56)60(43-17-5-4-6-18-43)47-35-36-49-48-19-13-14-24-54(48)58(2,3)55(49)38-47/h4-38H,1-3H3. The Kier molecular flexibility index (Phi) is 8.42. The predicted molar refractivity (Wildman–Crippen MR) is 256 cm³/mol. The number of aryl methyl sites for hydroxylation is 1. The van der Waals surface area contributed by atoms with E-state index in [2.05, 4.69) is 243 Å². The van der Waals surface area contributed by atoms with Crippen LogP contribution in [0.5, 0.6) is 0 Å². The molecule has 1 aliphatic carbocycles. The van der Waals surface area contributed by atoms with Crippen molar-refractivity contribution < 1.29 is 0 Å². The van der Waals surface area contributed by atoms with Crippen LogP contribution in [0.25, 0.3) is 54.6 Å². The van der Waals surface area contributed by atoms with Gasteiger partial charge < -0.3 is 9.80 Å². The van der Waals surface area contributed by atoms with E-state index in [1.807, 2.05) is 0 Å². The van der Waals surface area contributed by atoms with E-state index in [0.717, 1.165) is 28.4 Å². The first-order chi connectivity index (χ1) is 29.4. The van der Waals surface area contributed by atoms with Gasteiger partial charge in [-0.25, -0.2) is 0 Å². The minimum atomic E-state index is -0.117. The number of benzene rings is 10. The van der Waals surface area contributed by atoms with Crippen LogP contribution < -0.4 is 9.80 Å². The van der Waals surface area contributed by atoms with Gasteiger partial charge in [0.05, 0.1) is 5.69 Å². The molecule has 1 aliphatic rings. The Hall–Kier alpha value is -7.42. The molecule has 10 aromatic carbocycles. The third kappa shape index (κ3) is 5.79. The second-order valence-corrected chi connectivity index (χ2v) is 16.6. The second-order valence-electron chi connectivity index (χ2n) is 16.6. The van der Waals surface area contributed by atoms with Gasteiger partial charge in [-0.3, -0.25) is 0 Å². The highest BCUT2D eigenvalue weighted by molar-refractivity contribution is 6.22. The highest BCUT2D eigenvalue weighted by Gasteiger charge is 2.36. The molecule has 0 N–H and O–H groups in total. The van der Waals surface area contributed by atoms with Crippen molar-refractivity contribution in [1.82, 2.24) is 0 Å². The topological polar surface area (TPSA) is 6.48 Å². The third-order valence-electron chi connectivity index (χ3n) is 12.7. The molecule has 0 aromatic heterocycles. The molecule has 286 valence electrons. The van der Waals surface area contributed by atoms with Crippen molar-refractivity contribution >= 4 is 66.4 Å². The normalized spacial score (nSPS) is 12.7. The number of hydrogen-bond acceptors (Lipinski definition) is 2. The summed E-state index contributed by atoms with van der Waals surface area (Å²) in [4.78, 5) is 4.85. The van der Waals surface area contributed by atoms with Crippen LogP contribution in [0.15, 0.2) is 212 Å². The summed E-state index contributed by atoms with van der Waals surface area (Å²) in [6, 6.07) is 78.1. The van der Waals surface area contributed by atoms with Crippen LogP contribution in [0.2, 0.25) is 0 Å². The number of para-hydroxylation sites is 1. The molecule has 10 aromatic rings. The highest BCUT2D eigenvalue weighted by atomic mass is 15.1. The molecule has 60 heavy (non-hydrogen) atoms. The van der Waals surface area contributed by atoms with E-state index in [1.165, 1.54) is 76.9 Å². The SMILES string of the molecule is Cc1ccc(N(c2ccc(-c3c4ccccc4c(N(c4ccccc4)c4ccc5c(c4)C(C)(C)c4ccccc4-5)c4ccccc34)cc2)c2ccc3ccccc3c2)cc1. The van der Waals surface area contributed by atoms with Crippen molar-refractivity contribution in [2.24, 2.45) is 0 Å². The summed E-state index contributed by atoms with van der Waals surface area (Å²) in [6.07, 6.45) is 0. The van der Waals surface area contributed by atoms with E-state index in [0.29, 0.717) is 0 Å². The summed E-state index contributed by atoms with van der Waals surface area (Å²) >= 11 is 0. The molecular weight excluding hydrogens is 725 g/mol. The molecule has 2 nitrogen and oxygen atoms in total. The molecule has 0 bridgehead atoms. The van der Waals surface area contributed by atoms with Crippen molar-refractivity contribution in [2.45, 2.75) is 26.2 Å². The van der Waals surface area contributed by atoms with Crippen LogP contribution in [-0.4, -0.2) is 0 Å². The predicted octanol–water partition coefficient (Wildman–Crippen LogP) is 16.4. The molecule has 0 fully saturated rings. The van der Waals surface area contributed by atoms with Crippen molar-refractivity contribution in [3.63, 3.8) is 0 Å². The monoisotopic (exact) mass is 768 g/mol. The van der Waals surface area contributed by atoms with Crippen molar-refractivity contribution in [1.29, 1.82) is 0 Å². The summed E-state index contributed by atoms with van der Waals surface area (Å²) < 4.78 is 0. The summed E-state index contributed by atoms with van der Waals surface area (Å²) in [6.45, 7) is 6.87. The van der Waals surface area contributed by atoms with Crippen LogP contribution in [0.4, 0.5) is 34.1 Å². The Labute approximate surface area is 352 Å². The quantitative estimate of drug-likeness (QED) is 0.149. The van der Waals surface area contributed by atoms with E-state index in [9.17, 15) is 0 Å². The van der Waals surface area contributed by atoms with Crippen molar-refractivity contribution in [3.8, 4) is 22.3 Å². The maximum Gasteiger partial charge on any atom is 0.0618 e. The molecule has 2 heteroatoms. The van der Waals surface area contributed by atoms with Gasteiger partial charge in [-0.05, 0) is 123 Å². The Balaban J connectivity index is 1.09.